The molecule has 6 heteroatoms. The molecule has 0 spiro atoms. The predicted octanol–water partition coefficient (Wildman–Crippen LogP) is 2.35. The van der Waals surface area contributed by atoms with Gasteiger partial charge in [-0.15, -0.1) is 0 Å². The lowest BCUT2D eigenvalue weighted by Gasteiger charge is -2.30. The van der Waals surface area contributed by atoms with E-state index in [2.05, 4.69) is 10.6 Å². The fraction of sp³-hybridized carbons (Fsp3) is 0.588. The van der Waals surface area contributed by atoms with Crippen LogP contribution in [-0.4, -0.2) is 43.4 Å². The van der Waals surface area contributed by atoms with Gasteiger partial charge in [-0.25, -0.2) is 0 Å². The Kier molecular flexibility index (Phi) is 7.30. The van der Waals surface area contributed by atoms with Gasteiger partial charge >= 0.3 is 0 Å². The Morgan fingerprint density at radius 3 is 2.83 bits per heavy atom. The van der Waals surface area contributed by atoms with Crippen LogP contribution in [0.5, 0.6) is 0 Å². The lowest BCUT2D eigenvalue weighted by molar-refractivity contribution is -0.115. The summed E-state index contributed by atoms with van der Waals surface area (Å²) in [6.07, 6.45) is 2.56. The normalized spacial score (nSPS) is 17.0. The molecule has 5 nitrogen and oxygen atoms in total. The molecular weight excluding hydrogens is 316 g/mol. The van der Waals surface area contributed by atoms with Crippen LogP contribution in [0.4, 0.5) is 5.69 Å². The summed E-state index contributed by atoms with van der Waals surface area (Å²) < 4.78 is 5.37. The fourth-order valence-corrected chi connectivity index (χ4v) is 3.18. The second-order valence-electron chi connectivity index (χ2n) is 5.98. The molecule has 1 aliphatic rings. The summed E-state index contributed by atoms with van der Waals surface area (Å²) in [6.45, 7) is 3.76. The van der Waals surface area contributed by atoms with E-state index in [0.717, 1.165) is 31.6 Å². The second-order valence-corrected chi connectivity index (χ2v) is 6.39. The number of amides is 1. The molecule has 2 rings (SSSR count). The van der Waals surface area contributed by atoms with Crippen LogP contribution in [-0.2, 0) is 9.53 Å². The third-order valence-corrected chi connectivity index (χ3v) is 4.51. The molecular formula is C17H25ClN2O3. The van der Waals surface area contributed by atoms with Crippen LogP contribution in [0.3, 0.4) is 0 Å². The fourth-order valence-electron chi connectivity index (χ4n) is 2.90. The number of nitrogens with one attached hydrogen (secondary N) is 2. The summed E-state index contributed by atoms with van der Waals surface area (Å²) >= 11 is 6.13. The summed E-state index contributed by atoms with van der Waals surface area (Å²) in [5.74, 6) is 0.303. The minimum atomic E-state index is -0.134. The summed E-state index contributed by atoms with van der Waals surface area (Å²) in [5.41, 5.74) is 1.67. The highest BCUT2D eigenvalue weighted by molar-refractivity contribution is 6.33. The molecule has 0 radical (unpaired) electrons. The maximum atomic E-state index is 12.1. The minimum Gasteiger partial charge on any atom is -0.396 e. The lowest BCUT2D eigenvalue weighted by atomic mass is 9.90. The van der Waals surface area contributed by atoms with Gasteiger partial charge in [-0.05, 0) is 49.8 Å². The number of hydrogen-bond donors (Lipinski definition) is 3. The molecule has 1 amide bonds. The smallest absolute Gasteiger partial charge is 0.238 e. The van der Waals surface area contributed by atoms with Crippen LogP contribution >= 0.6 is 11.6 Å². The molecule has 3 N–H and O–H groups in total. The highest BCUT2D eigenvalue weighted by atomic mass is 35.5. The van der Waals surface area contributed by atoms with Crippen LogP contribution in [0, 0.1) is 12.8 Å². The number of ether oxygens (including phenoxy) is 1. The van der Waals surface area contributed by atoms with E-state index in [1.54, 1.807) is 6.07 Å². The number of carbonyl (C=O) groups excluding carboxylic acids is 1. The molecule has 1 fully saturated rings. The second kappa shape index (κ2) is 9.23. The van der Waals surface area contributed by atoms with Crippen molar-refractivity contribution >= 4 is 23.2 Å². The van der Waals surface area contributed by atoms with E-state index in [1.807, 2.05) is 19.1 Å². The molecule has 1 aromatic carbocycles. The Hall–Kier alpha value is -1.14. The van der Waals surface area contributed by atoms with Crippen molar-refractivity contribution in [1.82, 2.24) is 5.32 Å². The van der Waals surface area contributed by atoms with E-state index in [-0.39, 0.29) is 25.1 Å². The number of benzene rings is 1. The van der Waals surface area contributed by atoms with Crippen molar-refractivity contribution in [1.29, 1.82) is 0 Å². The Labute approximate surface area is 142 Å². The number of rotatable bonds is 7. The predicted molar refractivity (Wildman–Crippen MR) is 91.9 cm³/mol. The quantitative estimate of drug-likeness (QED) is 0.712. The Morgan fingerprint density at radius 1 is 1.43 bits per heavy atom. The van der Waals surface area contributed by atoms with Gasteiger partial charge in [-0.2, -0.15) is 0 Å². The molecule has 0 unspecified atom stereocenters. The van der Waals surface area contributed by atoms with Crippen molar-refractivity contribution in [3.05, 3.63) is 28.8 Å². The maximum absolute atomic E-state index is 12.1. The van der Waals surface area contributed by atoms with Crippen molar-refractivity contribution in [3.63, 3.8) is 0 Å². The number of halogens is 1. The highest BCUT2D eigenvalue weighted by Gasteiger charge is 2.23. The average molecular weight is 341 g/mol. The van der Waals surface area contributed by atoms with Crippen LogP contribution < -0.4 is 10.6 Å². The zero-order valence-corrected chi connectivity index (χ0v) is 14.2. The first kappa shape index (κ1) is 18.2. The van der Waals surface area contributed by atoms with Gasteiger partial charge in [0.1, 0.15) is 0 Å². The van der Waals surface area contributed by atoms with E-state index < -0.39 is 0 Å². The van der Waals surface area contributed by atoms with Gasteiger partial charge in [-0.1, -0.05) is 17.7 Å². The molecule has 0 saturated carbocycles. The summed E-state index contributed by atoms with van der Waals surface area (Å²) in [4.78, 5) is 12.1. The molecule has 1 atom stereocenters. The molecule has 0 aromatic heterocycles. The highest BCUT2D eigenvalue weighted by Crippen LogP contribution is 2.23. The first-order valence-corrected chi connectivity index (χ1v) is 8.46. The minimum absolute atomic E-state index is 0.112. The SMILES string of the molecule is Cc1ccc(NC(=O)CN[C@@H](CCO)C2CCOCC2)c(Cl)c1. The molecule has 1 aliphatic heterocycles. The first-order chi connectivity index (χ1) is 11.1. The number of hydrogen-bond acceptors (Lipinski definition) is 4. The van der Waals surface area contributed by atoms with Crippen molar-refractivity contribution in [3.8, 4) is 0 Å². The zero-order valence-electron chi connectivity index (χ0n) is 13.5. The molecule has 1 saturated heterocycles. The van der Waals surface area contributed by atoms with Crippen molar-refractivity contribution in [2.24, 2.45) is 5.92 Å². The Morgan fingerprint density at radius 2 is 2.17 bits per heavy atom. The van der Waals surface area contributed by atoms with Gasteiger partial charge in [0.2, 0.25) is 5.91 Å². The molecule has 23 heavy (non-hydrogen) atoms. The maximum Gasteiger partial charge on any atom is 0.238 e. The van der Waals surface area contributed by atoms with Gasteiger partial charge in [0.25, 0.3) is 0 Å². The monoisotopic (exact) mass is 340 g/mol. The number of aliphatic hydroxyl groups excluding tert-OH is 1. The van der Waals surface area contributed by atoms with Crippen molar-refractivity contribution in [2.45, 2.75) is 32.2 Å². The van der Waals surface area contributed by atoms with Crippen LogP contribution in [0.1, 0.15) is 24.8 Å². The first-order valence-electron chi connectivity index (χ1n) is 8.08. The van der Waals surface area contributed by atoms with E-state index in [4.69, 9.17) is 16.3 Å². The molecule has 1 aromatic rings. The van der Waals surface area contributed by atoms with Crippen molar-refractivity contribution < 1.29 is 14.6 Å². The van der Waals surface area contributed by atoms with Gasteiger partial charge in [0, 0.05) is 25.9 Å². The van der Waals surface area contributed by atoms with Gasteiger partial charge < -0.3 is 20.5 Å². The number of carbonyl (C=O) groups is 1. The van der Waals surface area contributed by atoms with Crippen LogP contribution in [0.25, 0.3) is 0 Å². The van der Waals surface area contributed by atoms with Gasteiger partial charge in [0.15, 0.2) is 0 Å². The van der Waals surface area contributed by atoms with E-state index in [9.17, 15) is 9.90 Å². The third kappa shape index (κ3) is 5.77. The molecule has 0 bridgehead atoms. The van der Waals surface area contributed by atoms with Crippen molar-refractivity contribution in [2.75, 3.05) is 31.7 Å². The Balaban J connectivity index is 1.85. The van der Waals surface area contributed by atoms with E-state index in [1.165, 1.54) is 0 Å². The topological polar surface area (TPSA) is 70.6 Å². The molecule has 0 aliphatic carbocycles. The number of aliphatic hydroxyl groups is 1. The standard InChI is InChI=1S/C17H25ClN2O3/c1-12-2-3-16(14(18)10-12)20-17(22)11-19-15(4-7-21)13-5-8-23-9-6-13/h2-3,10,13,15,19,21H,4-9,11H2,1H3,(H,20,22)/t15-/m0/s1. The molecule has 128 valence electrons. The van der Waals surface area contributed by atoms with E-state index in [0.29, 0.717) is 23.0 Å². The lowest BCUT2D eigenvalue weighted by Crippen LogP contribution is -2.43. The zero-order chi connectivity index (χ0) is 16.7. The Bertz CT molecular complexity index is 519. The molecule has 1 heterocycles. The van der Waals surface area contributed by atoms with E-state index >= 15 is 0 Å². The average Bonchev–Trinajstić information content (AvgIpc) is 2.55. The van der Waals surface area contributed by atoms with Gasteiger partial charge in [-0.3, -0.25) is 4.79 Å². The largest absolute Gasteiger partial charge is 0.396 e. The summed E-state index contributed by atoms with van der Waals surface area (Å²) in [6, 6.07) is 5.66. The number of aryl methyl sites for hydroxylation is 1. The van der Waals surface area contributed by atoms with Gasteiger partial charge in [0.05, 0.1) is 17.3 Å². The summed E-state index contributed by atoms with van der Waals surface area (Å²) in [5, 5.41) is 15.9. The number of anilines is 1. The van der Waals surface area contributed by atoms with Crippen LogP contribution in [0.15, 0.2) is 18.2 Å². The van der Waals surface area contributed by atoms with Crippen LogP contribution in [0.2, 0.25) is 5.02 Å². The summed E-state index contributed by atoms with van der Waals surface area (Å²) in [7, 11) is 0. The third-order valence-electron chi connectivity index (χ3n) is 4.20.